The highest BCUT2D eigenvalue weighted by atomic mass is 16.6. The predicted octanol–water partition coefficient (Wildman–Crippen LogP) is 2.39. The van der Waals surface area contributed by atoms with Crippen LogP contribution >= 0.6 is 0 Å². The molecule has 2 aliphatic rings. The average molecular weight is 352 g/mol. The van der Waals surface area contributed by atoms with Crippen molar-refractivity contribution in [3.63, 3.8) is 0 Å². The van der Waals surface area contributed by atoms with Crippen LogP contribution < -0.4 is 14.8 Å². The number of ether oxygens (including phenoxy) is 2. The lowest BCUT2D eigenvalue weighted by Crippen LogP contribution is -2.50. The molecule has 2 aliphatic heterocycles. The summed E-state index contributed by atoms with van der Waals surface area (Å²) in [5.74, 6) is 1.19. The van der Waals surface area contributed by atoms with Crippen molar-refractivity contribution in [2.24, 2.45) is 0 Å². The smallest absolute Gasteiger partial charge is 0.265 e. The van der Waals surface area contributed by atoms with Gasteiger partial charge < -0.3 is 14.8 Å². The molecule has 0 fully saturated rings. The number of benzene rings is 2. The lowest BCUT2D eigenvalue weighted by atomic mass is 10.00. The molecule has 136 valence electrons. The van der Waals surface area contributed by atoms with Crippen LogP contribution in [-0.2, 0) is 17.8 Å². The maximum Gasteiger partial charge on any atom is 0.265 e. The summed E-state index contributed by atoms with van der Waals surface area (Å²) in [5, 5.41) is 3.00. The first-order valence-corrected chi connectivity index (χ1v) is 9.20. The molecule has 0 bridgehead atoms. The summed E-state index contributed by atoms with van der Waals surface area (Å²) in [5.41, 5.74) is 2.83. The summed E-state index contributed by atoms with van der Waals surface area (Å²) in [7, 11) is 0. The second kappa shape index (κ2) is 7.38. The molecule has 2 atom stereocenters. The SMILES string of the molecule is C[C@H]1Oc2ccccc2O[C@@H]1C(=O)NCCN1CCc2ccccc2C1. The number of para-hydroxylation sites is 2. The molecule has 1 N–H and O–H groups in total. The number of nitrogens with zero attached hydrogens (tertiary/aromatic N) is 1. The molecule has 0 aliphatic carbocycles. The van der Waals surface area contributed by atoms with Crippen molar-refractivity contribution >= 4 is 5.91 Å². The van der Waals surface area contributed by atoms with Crippen LogP contribution in [0.2, 0.25) is 0 Å². The minimum absolute atomic E-state index is 0.121. The van der Waals surface area contributed by atoms with Gasteiger partial charge in [0.25, 0.3) is 5.91 Å². The standard InChI is InChI=1S/C21H24N2O3/c1-15-20(26-19-9-5-4-8-18(19)25-15)21(24)22-11-13-23-12-10-16-6-2-3-7-17(16)14-23/h2-9,15,20H,10-14H2,1H3,(H,22,24)/t15-,20+/m1/s1. The second-order valence-electron chi connectivity index (χ2n) is 6.89. The molecule has 0 saturated carbocycles. The summed E-state index contributed by atoms with van der Waals surface area (Å²) < 4.78 is 11.6. The third kappa shape index (κ3) is 3.53. The third-order valence-electron chi connectivity index (χ3n) is 5.04. The van der Waals surface area contributed by atoms with E-state index in [1.54, 1.807) is 0 Å². The highest BCUT2D eigenvalue weighted by molar-refractivity contribution is 5.82. The lowest BCUT2D eigenvalue weighted by molar-refractivity contribution is -0.133. The number of carbonyl (C=O) groups is 1. The van der Waals surface area contributed by atoms with E-state index in [1.165, 1.54) is 11.1 Å². The molecule has 2 aromatic rings. The minimum Gasteiger partial charge on any atom is -0.482 e. The fourth-order valence-electron chi connectivity index (χ4n) is 3.59. The van der Waals surface area contributed by atoms with Crippen molar-refractivity contribution in [1.82, 2.24) is 10.2 Å². The topological polar surface area (TPSA) is 50.8 Å². The van der Waals surface area contributed by atoms with E-state index in [0.29, 0.717) is 18.0 Å². The van der Waals surface area contributed by atoms with Gasteiger partial charge in [0, 0.05) is 26.2 Å². The van der Waals surface area contributed by atoms with E-state index in [1.807, 2.05) is 31.2 Å². The third-order valence-corrected chi connectivity index (χ3v) is 5.04. The lowest BCUT2D eigenvalue weighted by Gasteiger charge is -2.32. The molecule has 4 rings (SSSR count). The van der Waals surface area contributed by atoms with E-state index in [2.05, 4.69) is 34.5 Å². The highest BCUT2D eigenvalue weighted by Gasteiger charge is 2.33. The highest BCUT2D eigenvalue weighted by Crippen LogP contribution is 2.33. The zero-order valence-corrected chi connectivity index (χ0v) is 15.0. The van der Waals surface area contributed by atoms with Gasteiger partial charge in [-0.1, -0.05) is 36.4 Å². The van der Waals surface area contributed by atoms with Crippen molar-refractivity contribution in [2.75, 3.05) is 19.6 Å². The Kier molecular flexibility index (Phi) is 4.80. The average Bonchev–Trinajstić information content (AvgIpc) is 2.67. The van der Waals surface area contributed by atoms with Crippen molar-refractivity contribution in [3.8, 4) is 11.5 Å². The van der Waals surface area contributed by atoms with Gasteiger partial charge in [0.2, 0.25) is 6.10 Å². The largest absolute Gasteiger partial charge is 0.482 e. The summed E-state index contributed by atoms with van der Waals surface area (Å²) in [6.45, 7) is 5.27. The van der Waals surface area contributed by atoms with Crippen molar-refractivity contribution in [3.05, 3.63) is 59.7 Å². The zero-order valence-electron chi connectivity index (χ0n) is 15.0. The molecule has 0 aromatic heterocycles. The van der Waals surface area contributed by atoms with Gasteiger partial charge in [-0.25, -0.2) is 0 Å². The van der Waals surface area contributed by atoms with Gasteiger partial charge in [-0.05, 0) is 36.6 Å². The minimum atomic E-state index is -0.619. The van der Waals surface area contributed by atoms with Gasteiger partial charge in [0.15, 0.2) is 11.5 Å². The fourth-order valence-corrected chi connectivity index (χ4v) is 3.59. The summed E-state index contributed by atoms with van der Waals surface area (Å²) >= 11 is 0. The van der Waals surface area contributed by atoms with E-state index in [-0.39, 0.29) is 12.0 Å². The van der Waals surface area contributed by atoms with E-state index in [0.717, 1.165) is 26.1 Å². The van der Waals surface area contributed by atoms with E-state index >= 15 is 0 Å². The summed E-state index contributed by atoms with van der Waals surface area (Å²) in [6, 6.07) is 16.0. The maximum atomic E-state index is 12.5. The molecule has 1 amide bonds. The number of rotatable bonds is 4. The molecular weight excluding hydrogens is 328 g/mol. The van der Waals surface area contributed by atoms with Crippen LogP contribution in [0.5, 0.6) is 11.5 Å². The first kappa shape index (κ1) is 16.9. The van der Waals surface area contributed by atoms with Crippen LogP contribution in [0.4, 0.5) is 0 Å². The Balaban J connectivity index is 1.28. The zero-order chi connectivity index (χ0) is 17.9. The Morgan fingerprint density at radius 3 is 2.58 bits per heavy atom. The monoisotopic (exact) mass is 352 g/mol. The molecule has 5 heteroatoms. The normalized spacial score (nSPS) is 21.7. The fraction of sp³-hybridized carbons (Fsp3) is 0.381. The Bertz CT molecular complexity index is 792. The van der Waals surface area contributed by atoms with Crippen LogP contribution in [-0.4, -0.2) is 42.6 Å². The van der Waals surface area contributed by atoms with Crippen LogP contribution in [0.15, 0.2) is 48.5 Å². The number of nitrogens with one attached hydrogen (secondary N) is 1. The molecule has 0 saturated heterocycles. The second-order valence-corrected chi connectivity index (χ2v) is 6.89. The van der Waals surface area contributed by atoms with Gasteiger partial charge >= 0.3 is 0 Å². The number of hydrogen-bond donors (Lipinski definition) is 1. The van der Waals surface area contributed by atoms with Gasteiger partial charge in [0.05, 0.1) is 0 Å². The van der Waals surface area contributed by atoms with Gasteiger partial charge in [-0.3, -0.25) is 9.69 Å². The van der Waals surface area contributed by atoms with Crippen LogP contribution in [0.1, 0.15) is 18.1 Å². The van der Waals surface area contributed by atoms with Gasteiger partial charge in [0.1, 0.15) is 6.10 Å². The van der Waals surface area contributed by atoms with Gasteiger partial charge in [-0.2, -0.15) is 0 Å². The Morgan fingerprint density at radius 1 is 1.08 bits per heavy atom. The van der Waals surface area contributed by atoms with Crippen LogP contribution in [0, 0.1) is 0 Å². The molecule has 2 heterocycles. The van der Waals surface area contributed by atoms with Crippen LogP contribution in [0.3, 0.4) is 0 Å². The molecule has 0 unspecified atom stereocenters. The number of fused-ring (bicyclic) bond motifs is 2. The van der Waals surface area contributed by atoms with E-state index in [4.69, 9.17) is 9.47 Å². The molecule has 26 heavy (non-hydrogen) atoms. The molecular formula is C21H24N2O3. The van der Waals surface area contributed by atoms with Crippen molar-refractivity contribution in [2.45, 2.75) is 32.1 Å². The Morgan fingerprint density at radius 2 is 1.77 bits per heavy atom. The number of amides is 1. The molecule has 2 aromatic carbocycles. The number of hydrogen-bond acceptors (Lipinski definition) is 4. The van der Waals surface area contributed by atoms with Crippen LogP contribution in [0.25, 0.3) is 0 Å². The first-order chi connectivity index (χ1) is 12.7. The van der Waals surface area contributed by atoms with E-state index in [9.17, 15) is 4.79 Å². The molecule has 0 spiro atoms. The summed E-state index contributed by atoms with van der Waals surface area (Å²) in [4.78, 5) is 14.9. The van der Waals surface area contributed by atoms with Crippen molar-refractivity contribution in [1.29, 1.82) is 0 Å². The number of carbonyl (C=O) groups excluding carboxylic acids is 1. The molecule has 5 nitrogen and oxygen atoms in total. The quantitative estimate of drug-likeness (QED) is 0.918. The first-order valence-electron chi connectivity index (χ1n) is 9.20. The van der Waals surface area contributed by atoms with Crippen molar-refractivity contribution < 1.29 is 14.3 Å². The predicted molar refractivity (Wildman–Crippen MR) is 99.4 cm³/mol. The van der Waals surface area contributed by atoms with Gasteiger partial charge in [-0.15, -0.1) is 0 Å². The van der Waals surface area contributed by atoms with E-state index < -0.39 is 6.10 Å². The Labute approximate surface area is 153 Å². The Hall–Kier alpha value is -2.53. The summed E-state index contributed by atoms with van der Waals surface area (Å²) in [6.07, 6.45) is 0.135. The maximum absolute atomic E-state index is 12.5. The molecule has 0 radical (unpaired) electrons.